The Morgan fingerprint density at radius 1 is 1.07 bits per heavy atom. The molecule has 138 valence electrons. The second kappa shape index (κ2) is 7.55. The fraction of sp³-hybridized carbons (Fsp3) is 0.238. The quantitative estimate of drug-likeness (QED) is 0.498. The molecule has 2 heterocycles. The summed E-state index contributed by atoms with van der Waals surface area (Å²) in [5.41, 5.74) is 3.92. The highest BCUT2D eigenvalue weighted by Gasteiger charge is 2.14. The highest BCUT2D eigenvalue weighted by atomic mass is 35.5. The minimum Gasteiger partial charge on any atom is -0.369 e. The summed E-state index contributed by atoms with van der Waals surface area (Å²) < 4.78 is 1.91. The molecule has 0 saturated heterocycles. The van der Waals surface area contributed by atoms with Crippen molar-refractivity contribution in [3.05, 3.63) is 59.8 Å². The highest BCUT2D eigenvalue weighted by molar-refractivity contribution is 6.30. The molecule has 0 atom stereocenters. The molecule has 6 heteroatoms. The van der Waals surface area contributed by atoms with E-state index in [4.69, 9.17) is 16.6 Å². The van der Waals surface area contributed by atoms with Crippen molar-refractivity contribution in [2.45, 2.75) is 6.42 Å². The molecule has 4 aromatic rings. The molecule has 0 fully saturated rings. The highest BCUT2D eigenvalue weighted by Crippen LogP contribution is 2.30. The van der Waals surface area contributed by atoms with Crippen molar-refractivity contribution in [2.24, 2.45) is 0 Å². The van der Waals surface area contributed by atoms with Gasteiger partial charge in [0.05, 0.1) is 11.7 Å². The number of para-hydroxylation sites is 1. The summed E-state index contributed by atoms with van der Waals surface area (Å²) in [5, 5.41) is 9.90. The van der Waals surface area contributed by atoms with Gasteiger partial charge in [-0.15, -0.1) is 0 Å². The minimum absolute atomic E-state index is 0.719. The van der Waals surface area contributed by atoms with Crippen LogP contribution >= 0.6 is 11.6 Å². The van der Waals surface area contributed by atoms with Crippen LogP contribution in [0.15, 0.2) is 54.7 Å². The van der Waals surface area contributed by atoms with Crippen LogP contribution < -0.4 is 5.32 Å². The van der Waals surface area contributed by atoms with Crippen LogP contribution in [0.2, 0.25) is 5.02 Å². The Bertz CT molecular complexity index is 1070. The Labute approximate surface area is 163 Å². The third-order valence-electron chi connectivity index (χ3n) is 4.58. The molecule has 27 heavy (non-hydrogen) atoms. The lowest BCUT2D eigenvalue weighted by Crippen LogP contribution is -2.17. The number of rotatable bonds is 6. The van der Waals surface area contributed by atoms with Gasteiger partial charge in [0.2, 0.25) is 0 Å². The summed E-state index contributed by atoms with van der Waals surface area (Å²) in [5.74, 6) is 0.896. The number of hydrogen-bond acceptors (Lipinski definition) is 4. The van der Waals surface area contributed by atoms with Gasteiger partial charge in [0.1, 0.15) is 5.82 Å². The van der Waals surface area contributed by atoms with Gasteiger partial charge in [-0.3, -0.25) is 0 Å². The van der Waals surface area contributed by atoms with Crippen molar-refractivity contribution in [3.8, 4) is 11.1 Å². The van der Waals surface area contributed by atoms with E-state index in [2.05, 4.69) is 41.5 Å². The van der Waals surface area contributed by atoms with Crippen LogP contribution in [0.3, 0.4) is 0 Å². The molecular weight excluding hydrogens is 358 g/mol. The van der Waals surface area contributed by atoms with E-state index in [0.717, 1.165) is 58.0 Å². The number of benzene rings is 2. The van der Waals surface area contributed by atoms with Crippen molar-refractivity contribution in [1.29, 1.82) is 0 Å². The monoisotopic (exact) mass is 379 g/mol. The van der Waals surface area contributed by atoms with Gasteiger partial charge in [-0.2, -0.15) is 5.10 Å². The molecule has 0 aliphatic rings. The molecule has 0 saturated carbocycles. The molecule has 0 radical (unpaired) electrons. The zero-order valence-corrected chi connectivity index (χ0v) is 16.2. The summed E-state index contributed by atoms with van der Waals surface area (Å²) in [6.45, 7) is 1.91. The van der Waals surface area contributed by atoms with Crippen LogP contribution in [-0.4, -0.2) is 46.7 Å². The molecule has 0 spiro atoms. The number of fused-ring (bicyclic) bond motifs is 3. The molecule has 2 aromatic heterocycles. The van der Waals surface area contributed by atoms with Gasteiger partial charge in [-0.1, -0.05) is 35.9 Å². The van der Waals surface area contributed by atoms with Crippen LogP contribution in [0.25, 0.3) is 27.7 Å². The van der Waals surface area contributed by atoms with Gasteiger partial charge < -0.3 is 10.2 Å². The number of hydrogen-bond donors (Lipinski definition) is 1. The van der Waals surface area contributed by atoms with Gasteiger partial charge in [-0.25, -0.2) is 9.50 Å². The molecule has 0 aliphatic carbocycles. The summed E-state index contributed by atoms with van der Waals surface area (Å²) in [6, 6.07) is 16.0. The van der Waals surface area contributed by atoms with E-state index < -0.39 is 0 Å². The topological polar surface area (TPSA) is 45.5 Å². The van der Waals surface area contributed by atoms with Crippen LogP contribution in [0, 0.1) is 0 Å². The van der Waals surface area contributed by atoms with Crippen LogP contribution in [-0.2, 0) is 0 Å². The molecule has 2 aromatic carbocycles. The smallest absolute Gasteiger partial charge is 0.165 e. The fourth-order valence-corrected chi connectivity index (χ4v) is 3.35. The first-order valence-electron chi connectivity index (χ1n) is 9.04. The van der Waals surface area contributed by atoms with Crippen molar-refractivity contribution >= 4 is 34.0 Å². The van der Waals surface area contributed by atoms with Crippen LogP contribution in [0.1, 0.15) is 6.42 Å². The van der Waals surface area contributed by atoms with Crippen LogP contribution in [0.4, 0.5) is 5.82 Å². The molecule has 0 aliphatic heterocycles. The molecule has 0 bridgehead atoms. The number of nitrogens with zero attached hydrogens (tertiary/aromatic N) is 4. The number of nitrogens with one attached hydrogen (secondary N) is 1. The second-order valence-corrected chi connectivity index (χ2v) is 7.30. The van der Waals surface area contributed by atoms with Crippen molar-refractivity contribution in [1.82, 2.24) is 19.5 Å². The molecule has 5 nitrogen and oxygen atoms in total. The van der Waals surface area contributed by atoms with E-state index in [1.54, 1.807) is 0 Å². The maximum Gasteiger partial charge on any atom is 0.165 e. The molecule has 0 unspecified atom stereocenters. The van der Waals surface area contributed by atoms with Gasteiger partial charge in [0.25, 0.3) is 0 Å². The third-order valence-corrected chi connectivity index (χ3v) is 4.83. The molecular formula is C21H22ClN5. The molecule has 0 amide bonds. The SMILES string of the molecule is CN(C)CCCNc1nc2c(-c3ccc(Cl)cc3)cnn2c2ccccc12. The van der Waals surface area contributed by atoms with Crippen molar-refractivity contribution < 1.29 is 0 Å². The largest absolute Gasteiger partial charge is 0.369 e. The van der Waals surface area contributed by atoms with E-state index in [-0.39, 0.29) is 0 Å². The maximum absolute atomic E-state index is 6.04. The Morgan fingerprint density at radius 3 is 2.63 bits per heavy atom. The Hall–Kier alpha value is -2.63. The van der Waals surface area contributed by atoms with E-state index >= 15 is 0 Å². The zero-order valence-electron chi connectivity index (χ0n) is 15.5. The first-order valence-corrected chi connectivity index (χ1v) is 9.42. The van der Waals surface area contributed by atoms with Gasteiger partial charge >= 0.3 is 0 Å². The van der Waals surface area contributed by atoms with E-state index in [1.165, 1.54) is 0 Å². The average Bonchev–Trinajstić information content (AvgIpc) is 3.09. The van der Waals surface area contributed by atoms with Crippen LogP contribution in [0.5, 0.6) is 0 Å². The summed E-state index contributed by atoms with van der Waals surface area (Å²) in [7, 11) is 4.18. The first-order chi connectivity index (χ1) is 13.1. The van der Waals surface area contributed by atoms with E-state index in [1.807, 2.05) is 47.1 Å². The third kappa shape index (κ3) is 3.61. The zero-order chi connectivity index (χ0) is 18.8. The maximum atomic E-state index is 6.04. The summed E-state index contributed by atoms with van der Waals surface area (Å²) in [4.78, 5) is 7.11. The Kier molecular flexibility index (Phi) is 4.97. The van der Waals surface area contributed by atoms with E-state index in [9.17, 15) is 0 Å². The normalized spacial score (nSPS) is 11.6. The molecule has 1 N–H and O–H groups in total. The van der Waals surface area contributed by atoms with Gasteiger partial charge in [0, 0.05) is 22.5 Å². The summed E-state index contributed by atoms with van der Waals surface area (Å²) in [6.07, 6.45) is 2.92. The standard InChI is InChI=1S/C21H22ClN5/c1-26(2)13-5-12-23-20-17-6-3-4-7-19(17)27-21(25-20)18(14-24-27)15-8-10-16(22)11-9-15/h3-4,6-11,14H,5,12-13H2,1-2H3,(H,23,25). The lowest BCUT2D eigenvalue weighted by atomic mass is 10.1. The average molecular weight is 380 g/mol. The number of aromatic nitrogens is 3. The Morgan fingerprint density at radius 2 is 1.85 bits per heavy atom. The first kappa shape index (κ1) is 17.8. The van der Waals surface area contributed by atoms with Crippen molar-refractivity contribution in [2.75, 3.05) is 32.5 Å². The van der Waals surface area contributed by atoms with Gasteiger partial charge in [0.15, 0.2) is 5.65 Å². The number of halogens is 1. The minimum atomic E-state index is 0.719. The number of anilines is 1. The second-order valence-electron chi connectivity index (χ2n) is 6.86. The predicted molar refractivity (Wildman–Crippen MR) is 113 cm³/mol. The molecule has 4 rings (SSSR count). The van der Waals surface area contributed by atoms with Gasteiger partial charge in [-0.05, 0) is 56.9 Å². The summed E-state index contributed by atoms with van der Waals surface area (Å²) >= 11 is 6.04. The predicted octanol–water partition coefficient (Wildman–Crippen LogP) is 4.57. The van der Waals surface area contributed by atoms with Crippen molar-refractivity contribution in [3.63, 3.8) is 0 Å². The fourth-order valence-electron chi connectivity index (χ4n) is 3.22. The lowest BCUT2D eigenvalue weighted by Gasteiger charge is -2.13. The lowest BCUT2D eigenvalue weighted by molar-refractivity contribution is 0.405. The Balaban J connectivity index is 1.79. The van der Waals surface area contributed by atoms with E-state index in [0.29, 0.717) is 0 Å².